The number of benzene rings is 3. The number of nitrogens with one attached hydrogen (secondary N) is 1. The van der Waals surface area contributed by atoms with E-state index in [2.05, 4.69) is 5.32 Å². The first-order valence-corrected chi connectivity index (χ1v) is 14.3. The van der Waals surface area contributed by atoms with Crippen molar-refractivity contribution in [3.63, 3.8) is 0 Å². The van der Waals surface area contributed by atoms with Gasteiger partial charge in [-0.25, -0.2) is 12.8 Å². The maximum atomic E-state index is 14.7. The Morgan fingerprint density at radius 1 is 0.947 bits per heavy atom. The summed E-state index contributed by atoms with van der Waals surface area (Å²) in [4.78, 5) is 28.6. The highest BCUT2D eigenvalue weighted by atomic mass is 32.2. The van der Waals surface area contributed by atoms with Gasteiger partial charge in [-0.05, 0) is 37.1 Å². The zero-order valence-corrected chi connectivity index (χ0v) is 22.7. The second kappa shape index (κ2) is 13.2. The Labute approximate surface area is 224 Å². The van der Waals surface area contributed by atoms with Crippen molar-refractivity contribution in [2.45, 2.75) is 39.3 Å². The first-order chi connectivity index (χ1) is 18.1. The topological polar surface area (TPSA) is 86.8 Å². The number of hydrogen-bond donors (Lipinski definition) is 1. The minimum absolute atomic E-state index is 0.181. The van der Waals surface area contributed by atoms with Crippen LogP contribution in [0.25, 0.3) is 0 Å². The molecule has 3 aromatic carbocycles. The molecule has 0 aromatic heterocycles. The van der Waals surface area contributed by atoms with Crippen LogP contribution < -0.4 is 9.62 Å². The Morgan fingerprint density at radius 2 is 1.58 bits per heavy atom. The zero-order chi connectivity index (χ0) is 27.7. The molecule has 0 fully saturated rings. The van der Waals surface area contributed by atoms with Gasteiger partial charge in [0.1, 0.15) is 18.4 Å². The minimum atomic E-state index is -3.85. The molecule has 1 atom stereocenters. The average molecular weight is 540 g/mol. The van der Waals surface area contributed by atoms with E-state index >= 15 is 0 Å². The number of carbonyl (C=O) groups excluding carboxylic acids is 2. The van der Waals surface area contributed by atoms with Gasteiger partial charge in [0.15, 0.2) is 0 Å². The number of sulfonamides is 1. The van der Waals surface area contributed by atoms with E-state index < -0.39 is 34.3 Å². The molecule has 7 nitrogen and oxygen atoms in total. The molecule has 9 heteroatoms. The van der Waals surface area contributed by atoms with Gasteiger partial charge in [-0.3, -0.25) is 13.9 Å². The van der Waals surface area contributed by atoms with Crippen molar-refractivity contribution in [1.82, 2.24) is 10.2 Å². The van der Waals surface area contributed by atoms with Crippen LogP contribution in [0.5, 0.6) is 0 Å². The van der Waals surface area contributed by atoms with Crippen molar-refractivity contribution in [1.29, 1.82) is 0 Å². The van der Waals surface area contributed by atoms with Crippen LogP contribution in [0.15, 0.2) is 78.9 Å². The lowest BCUT2D eigenvalue weighted by atomic mass is 10.0. The van der Waals surface area contributed by atoms with E-state index in [0.717, 1.165) is 21.7 Å². The molecule has 0 heterocycles. The van der Waals surface area contributed by atoms with Gasteiger partial charge in [0.05, 0.1) is 11.9 Å². The third-order valence-electron chi connectivity index (χ3n) is 6.12. The molecule has 2 amide bonds. The van der Waals surface area contributed by atoms with Gasteiger partial charge in [-0.2, -0.15) is 0 Å². The summed E-state index contributed by atoms with van der Waals surface area (Å²) in [6.45, 7) is 3.46. The molecule has 3 aromatic rings. The summed E-state index contributed by atoms with van der Waals surface area (Å²) in [6, 6.07) is 21.0. The Hall–Kier alpha value is -3.72. The summed E-state index contributed by atoms with van der Waals surface area (Å²) < 4.78 is 41.2. The van der Waals surface area contributed by atoms with Crippen LogP contribution in [0, 0.1) is 12.7 Å². The fourth-order valence-corrected chi connectivity index (χ4v) is 4.90. The number of hydrogen-bond acceptors (Lipinski definition) is 4. The van der Waals surface area contributed by atoms with Crippen molar-refractivity contribution in [2.75, 3.05) is 23.7 Å². The first kappa shape index (κ1) is 28.8. The fraction of sp³-hybridized carbons (Fsp3) is 0.310. The number of nitrogens with zero attached hydrogens (tertiary/aromatic N) is 2. The average Bonchev–Trinajstić information content (AvgIpc) is 2.89. The number of amides is 2. The summed E-state index contributed by atoms with van der Waals surface area (Å²) in [5, 5.41) is 2.85. The van der Waals surface area contributed by atoms with Crippen LogP contribution >= 0.6 is 0 Å². The summed E-state index contributed by atoms with van der Waals surface area (Å²) >= 11 is 0. The molecule has 0 radical (unpaired) electrons. The van der Waals surface area contributed by atoms with Crippen LogP contribution in [0.1, 0.15) is 30.0 Å². The molecule has 0 unspecified atom stereocenters. The number of halogens is 1. The van der Waals surface area contributed by atoms with Crippen molar-refractivity contribution < 1.29 is 22.4 Å². The number of carbonyl (C=O) groups is 2. The van der Waals surface area contributed by atoms with Crippen molar-refractivity contribution in [3.8, 4) is 0 Å². The fourth-order valence-electron chi connectivity index (χ4n) is 4.05. The van der Waals surface area contributed by atoms with Gasteiger partial charge >= 0.3 is 0 Å². The van der Waals surface area contributed by atoms with E-state index in [1.807, 2.05) is 44.2 Å². The third-order valence-corrected chi connectivity index (χ3v) is 7.26. The molecule has 0 bridgehead atoms. The van der Waals surface area contributed by atoms with Crippen LogP contribution in [0.3, 0.4) is 0 Å². The molecule has 1 N–H and O–H groups in total. The third kappa shape index (κ3) is 7.89. The Morgan fingerprint density at radius 3 is 2.18 bits per heavy atom. The van der Waals surface area contributed by atoms with Crippen LogP contribution in [-0.2, 0) is 32.6 Å². The standard InChI is InChI=1S/C29H34FN3O4S/c1-4-18-31-29(35)27(19-23-10-6-5-7-11-23)32(20-24-12-8-9-13-26(24)30)28(34)21-33(38(3,36)37)25-16-14-22(2)15-17-25/h5-17,27H,4,18-21H2,1-3H3,(H,31,35)/t27-/m1/s1. The van der Waals surface area contributed by atoms with Crippen molar-refractivity contribution in [3.05, 3.63) is 101 Å². The van der Waals surface area contributed by atoms with E-state index in [4.69, 9.17) is 0 Å². The van der Waals surface area contributed by atoms with E-state index in [1.54, 1.807) is 42.5 Å². The molecule has 202 valence electrons. The van der Waals surface area contributed by atoms with Crippen LogP contribution in [-0.4, -0.2) is 50.5 Å². The molecule has 3 rings (SSSR count). The summed E-state index contributed by atoms with van der Waals surface area (Å²) in [6.07, 6.45) is 1.90. The zero-order valence-electron chi connectivity index (χ0n) is 21.9. The number of anilines is 1. The lowest BCUT2D eigenvalue weighted by molar-refractivity contribution is -0.140. The first-order valence-electron chi connectivity index (χ1n) is 12.5. The predicted octanol–water partition coefficient (Wildman–Crippen LogP) is 4.07. The molecule has 0 saturated carbocycles. The molecule has 0 saturated heterocycles. The quantitative estimate of drug-likeness (QED) is 0.376. The maximum absolute atomic E-state index is 14.7. The largest absolute Gasteiger partial charge is 0.354 e. The maximum Gasteiger partial charge on any atom is 0.244 e. The van der Waals surface area contributed by atoms with Crippen LogP contribution in [0.2, 0.25) is 0 Å². The highest BCUT2D eigenvalue weighted by Crippen LogP contribution is 2.21. The Kier molecular flexibility index (Phi) is 10.0. The van der Waals surface area contributed by atoms with Gasteiger partial charge in [-0.15, -0.1) is 0 Å². The lowest BCUT2D eigenvalue weighted by Gasteiger charge is -2.33. The molecular formula is C29H34FN3O4S. The number of rotatable bonds is 12. The summed E-state index contributed by atoms with van der Waals surface area (Å²) in [5.41, 5.74) is 2.30. The van der Waals surface area contributed by atoms with Crippen LogP contribution in [0.4, 0.5) is 10.1 Å². The molecular weight excluding hydrogens is 505 g/mol. The predicted molar refractivity (Wildman–Crippen MR) is 148 cm³/mol. The second-order valence-corrected chi connectivity index (χ2v) is 11.1. The molecule has 38 heavy (non-hydrogen) atoms. The molecule has 0 spiro atoms. The van der Waals surface area contributed by atoms with Crippen molar-refractivity contribution in [2.24, 2.45) is 0 Å². The highest BCUT2D eigenvalue weighted by molar-refractivity contribution is 7.92. The van der Waals surface area contributed by atoms with E-state index in [1.165, 1.54) is 11.0 Å². The second-order valence-electron chi connectivity index (χ2n) is 9.21. The molecule has 0 aliphatic rings. The van der Waals surface area contributed by atoms with Gasteiger partial charge in [0, 0.05) is 25.1 Å². The lowest BCUT2D eigenvalue weighted by Crippen LogP contribution is -2.53. The normalized spacial score (nSPS) is 12.0. The summed E-state index contributed by atoms with van der Waals surface area (Å²) in [7, 11) is -3.85. The number of aryl methyl sites for hydroxylation is 1. The Bertz CT molecular complexity index is 1330. The van der Waals surface area contributed by atoms with Gasteiger partial charge in [-0.1, -0.05) is 73.2 Å². The highest BCUT2D eigenvalue weighted by Gasteiger charge is 2.33. The van der Waals surface area contributed by atoms with E-state index in [9.17, 15) is 22.4 Å². The SMILES string of the molecule is CCCNC(=O)[C@@H](Cc1ccccc1)N(Cc1ccccc1F)C(=O)CN(c1ccc(C)cc1)S(C)(=O)=O. The smallest absolute Gasteiger partial charge is 0.244 e. The van der Waals surface area contributed by atoms with Gasteiger partial charge in [0.25, 0.3) is 0 Å². The van der Waals surface area contributed by atoms with Crippen molar-refractivity contribution >= 4 is 27.5 Å². The van der Waals surface area contributed by atoms with Gasteiger partial charge in [0.2, 0.25) is 21.8 Å². The van der Waals surface area contributed by atoms with E-state index in [-0.39, 0.29) is 24.4 Å². The summed E-state index contributed by atoms with van der Waals surface area (Å²) in [5.74, 6) is -1.52. The Balaban J connectivity index is 2.04. The molecule has 0 aliphatic carbocycles. The monoisotopic (exact) mass is 539 g/mol. The van der Waals surface area contributed by atoms with E-state index in [0.29, 0.717) is 18.7 Å². The minimum Gasteiger partial charge on any atom is -0.354 e. The van der Waals surface area contributed by atoms with Gasteiger partial charge < -0.3 is 10.2 Å². The molecule has 0 aliphatic heterocycles.